The van der Waals surface area contributed by atoms with E-state index in [0.29, 0.717) is 5.92 Å². The minimum absolute atomic E-state index is 0.0141. The van der Waals surface area contributed by atoms with Gasteiger partial charge in [0.1, 0.15) is 0 Å². The molecule has 4 heterocycles. The van der Waals surface area contributed by atoms with Gasteiger partial charge in [-0.05, 0) is 193 Å². The molecule has 7 aliphatic rings. The van der Waals surface area contributed by atoms with Crippen molar-refractivity contribution in [3.05, 3.63) is 195 Å². The van der Waals surface area contributed by atoms with Crippen LogP contribution in [-0.2, 0) is 32.5 Å². The van der Waals surface area contributed by atoms with Gasteiger partial charge in [-0.3, -0.25) is 0 Å². The van der Waals surface area contributed by atoms with Gasteiger partial charge >= 0.3 is 0 Å². The van der Waals surface area contributed by atoms with Crippen LogP contribution >= 0.6 is 11.3 Å². The molecule has 1 fully saturated rings. The van der Waals surface area contributed by atoms with Gasteiger partial charge in [0, 0.05) is 64.7 Å². The lowest BCUT2D eigenvalue weighted by Crippen LogP contribution is -2.62. The second-order valence-electron chi connectivity index (χ2n) is 29.3. The summed E-state index contributed by atoms with van der Waals surface area (Å²) in [7, 11) is 0. The van der Waals surface area contributed by atoms with Crippen molar-refractivity contribution in [2.45, 2.75) is 179 Å². The molecule has 400 valence electrons. The van der Waals surface area contributed by atoms with Crippen LogP contribution in [0.2, 0.25) is 0 Å². The van der Waals surface area contributed by atoms with Gasteiger partial charge in [0.15, 0.2) is 0 Å². The Bertz CT molecular complexity index is 4200. The van der Waals surface area contributed by atoms with E-state index >= 15 is 0 Å². The quantitative estimate of drug-likeness (QED) is 0.163. The van der Waals surface area contributed by atoms with E-state index in [1.807, 2.05) is 11.3 Å². The fraction of sp³-hybridized carbons (Fsp3) is 0.368. The monoisotopic (exact) mass is 1060 g/mol. The number of para-hydroxylation sites is 1. The molecule has 4 aliphatic carbocycles. The van der Waals surface area contributed by atoms with E-state index in [1.165, 1.54) is 188 Å². The van der Waals surface area contributed by atoms with Crippen molar-refractivity contribution >= 4 is 88.7 Å². The average Bonchev–Trinajstić information content (AvgIpc) is 1.84. The normalized spacial score (nSPS) is 21.7. The predicted octanol–water partition coefficient (Wildman–Crippen LogP) is 19.2. The van der Waals surface area contributed by atoms with E-state index in [4.69, 9.17) is 0 Å². The maximum Gasteiger partial charge on any atom is 0.252 e. The Labute approximate surface area is 480 Å². The molecule has 8 aromatic carbocycles. The fourth-order valence-corrected chi connectivity index (χ4v) is 18.8. The van der Waals surface area contributed by atoms with Crippen LogP contribution in [0.1, 0.15) is 201 Å². The molecular weight excluding hydrogens is 984 g/mol. The highest BCUT2D eigenvalue weighted by molar-refractivity contribution is 7.26. The summed E-state index contributed by atoms with van der Waals surface area (Å²) in [4.78, 5) is 5.76. The third-order valence-electron chi connectivity index (χ3n) is 22.6. The molecule has 0 amide bonds. The molecule has 80 heavy (non-hydrogen) atoms. The highest BCUT2D eigenvalue weighted by atomic mass is 32.1. The molecule has 1 unspecified atom stereocenters. The summed E-state index contributed by atoms with van der Waals surface area (Å²) in [5, 5.41) is 2.85. The largest absolute Gasteiger partial charge is 0.311 e. The van der Waals surface area contributed by atoms with Crippen molar-refractivity contribution in [1.29, 1.82) is 0 Å². The van der Waals surface area contributed by atoms with Crippen molar-refractivity contribution in [1.82, 2.24) is 0 Å². The van der Waals surface area contributed by atoms with E-state index in [2.05, 4.69) is 226 Å². The molecule has 1 aromatic heterocycles. The molecule has 0 N–H and O–H groups in total. The van der Waals surface area contributed by atoms with Crippen molar-refractivity contribution < 1.29 is 0 Å². The van der Waals surface area contributed by atoms with Crippen LogP contribution in [0.4, 0.5) is 34.1 Å². The third kappa shape index (κ3) is 6.44. The lowest BCUT2D eigenvalue weighted by atomic mass is 9.33. The molecule has 3 aliphatic heterocycles. The van der Waals surface area contributed by atoms with Crippen molar-refractivity contribution in [2.75, 3.05) is 9.80 Å². The van der Waals surface area contributed by atoms with Gasteiger partial charge in [-0.2, -0.15) is 0 Å². The molecular formula is C76H77BN2S. The molecule has 16 rings (SSSR count). The summed E-state index contributed by atoms with van der Waals surface area (Å²) >= 11 is 2.02. The van der Waals surface area contributed by atoms with Crippen LogP contribution in [0.5, 0.6) is 0 Å². The van der Waals surface area contributed by atoms with Gasteiger partial charge in [0.05, 0.1) is 11.4 Å². The standard InChI is InChI=1S/C76H77BN2S/c1-44-36-53-54(72(4,5)33-32-71(53,2)3)41-61(44)78-62-42-57-56(74(8,9)50-27-19-20-28-51(50)75(57,10)11)40-60(62)77-59-30-31-65-67-49-39-58-55(43-66(49)80-65)73(6,7)34-35-76(58,12)52-29-21-26-48(46-24-17-14-18-25-46)69(52)79(70(59)67)64-38-47(37-63(78)68(64)77)45-22-15-13-16-23-45/h14,17-21,24-31,36-43,45H,13,15-16,22-23,32-35H2,1-12H3. The first-order chi connectivity index (χ1) is 38.2. The van der Waals surface area contributed by atoms with Gasteiger partial charge in [-0.25, -0.2) is 0 Å². The van der Waals surface area contributed by atoms with E-state index in [9.17, 15) is 0 Å². The number of fused-ring (bicyclic) bond motifs is 10. The molecule has 9 aromatic rings. The second-order valence-corrected chi connectivity index (χ2v) is 30.4. The van der Waals surface area contributed by atoms with Gasteiger partial charge in [0.25, 0.3) is 6.71 Å². The summed E-state index contributed by atoms with van der Waals surface area (Å²) in [6.07, 6.45) is 11.0. The number of aryl methyl sites for hydroxylation is 1. The first-order valence-corrected chi connectivity index (χ1v) is 31.5. The van der Waals surface area contributed by atoms with Crippen LogP contribution in [0.15, 0.2) is 133 Å². The number of rotatable bonds is 3. The number of hydrogen-bond donors (Lipinski definition) is 0. The SMILES string of the molecule is Cc1cc2c(cc1N1c3cc4c(cc3B3c5ccc6sc7cc8c9cc7c6c5N(c5cc(C6CCCCC6)cc1c53)c1c(-c3ccccc3)cccc1C9(C)CCC8(C)C)C(C)(C)c1ccccc1C4(C)C)C(C)(C)CCC2(C)C. The Balaban J connectivity index is 1.10. The van der Waals surface area contributed by atoms with E-state index in [0.717, 1.165) is 12.8 Å². The summed E-state index contributed by atoms with van der Waals surface area (Å²) in [5.41, 5.74) is 30.8. The summed E-state index contributed by atoms with van der Waals surface area (Å²) in [6.45, 7) is 30.1. The van der Waals surface area contributed by atoms with Crippen molar-refractivity contribution in [2.24, 2.45) is 0 Å². The molecule has 4 heteroatoms. The first kappa shape index (κ1) is 49.5. The first-order valence-electron chi connectivity index (χ1n) is 30.6. The number of thiophene rings is 1. The highest BCUT2D eigenvalue weighted by Crippen LogP contribution is 2.61. The van der Waals surface area contributed by atoms with Gasteiger partial charge in [-0.1, -0.05) is 186 Å². The Morgan fingerprint density at radius 2 is 1.05 bits per heavy atom. The minimum atomic E-state index is -0.235. The number of benzene rings is 8. The fourth-order valence-electron chi connectivity index (χ4n) is 17.7. The van der Waals surface area contributed by atoms with Gasteiger partial charge in [-0.15, -0.1) is 11.3 Å². The Morgan fingerprint density at radius 3 is 1.75 bits per heavy atom. The molecule has 1 atom stereocenters. The highest BCUT2D eigenvalue weighted by Gasteiger charge is 2.52. The lowest BCUT2D eigenvalue weighted by molar-refractivity contribution is 0.332. The Morgan fingerprint density at radius 1 is 0.450 bits per heavy atom. The summed E-state index contributed by atoms with van der Waals surface area (Å²) in [5.74, 6) is 0.484. The van der Waals surface area contributed by atoms with E-state index in [1.54, 1.807) is 0 Å². The number of nitrogens with zero attached hydrogens (tertiary/aromatic N) is 2. The van der Waals surface area contributed by atoms with E-state index in [-0.39, 0.29) is 39.2 Å². The number of anilines is 6. The topological polar surface area (TPSA) is 6.48 Å². The second kappa shape index (κ2) is 16.2. The average molecular weight is 1060 g/mol. The molecule has 1 saturated carbocycles. The van der Waals surface area contributed by atoms with Crippen LogP contribution in [0.3, 0.4) is 0 Å². The molecule has 2 bridgehead atoms. The smallest absolute Gasteiger partial charge is 0.252 e. The van der Waals surface area contributed by atoms with Crippen LogP contribution in [0.25, 0.3) is 31.3 Å². The van der Waals surface area contributed by atoms with Gasteiger partial charge in [0.2, 0.25) is 0 Å². The zero-order valence-electron chi connectivity index (χ0n) is 49.5. The zero-order valence-corrected chi connectivity index (χ0v) is 50.3. The molecule has 0 radical (unpaired) electrons. The molecule has 0 spiro atoms. The van der Waals surface area contributed by atoms with Gasteiger partial charge < -0.3 is 9.80 Å². The minimum Gasteiger partial charge on any atom is -0.311 e. The summed E-state index contributed by atoms with van der Waals surface area (Å²) in [6, 6.07) is 55.0. The van der Waals surface area contributed by atoms with Crippen molar-refractivity contribution in [3.8, 4) is 11.1 Å². The molecule has 2 nitrogen and oxygen atoms in total. The van der Waals surface area contributed by atoms with Crippen molar-refractivity contribution in [3.63, 3.8) is 0 Å². The maximum atomic E-state index is 2.92. The lowest BCUT2D eigenvalue weighted by Gasteiger charge is -2.50. The Hall–Kier alpha value is -6.36. The van der Waals surface area contributed by atoms with Crippen LogP contribution < -0.4 is 26.2 Å². The number of hydrogen-bond acceptors (Lipinski definition) is 3. The van der Waals surface area contributed by atoms with Crippen LogP contribution in [0, 0.1) is 6.92 Å². The van der Waals surface area contributed by atoms with E-state index < -0.39 is 0 Å². The maximum absolute atomic E-state index is 2.92. The molecule has 0 saturated heterocycles. The zero-order chi connectivity index (χ0) is 54.9. The van der Waals surface area contributed by atoms with Crippen LogP contribution in [-0.4, -0.2) is 6.71 Å². The summed E-state index contributed by atoms with van der Waals surface area (Å²) < 4.78 is 2.80. The predicted molar refractivity (Wildman–Crippen MR) is 344 cm³/mol. The Kier molecular flexibility index (Phi) is 10.0. The third-order valence-corrected chi connectivity index (χ3v) is 23.7.